The lowest BCUT2D eigenvalue weighted by Crippen LogP contribution is -2.29. The van der Waals surface area contributed by atoms with Crippen LogP contribution in [0, 0.1) is 6.92 Å². The van der Waals surface area contributed by atoms with E-state index in [0.717, 1.165) is 22.6 Å². The summed E-state index contributed by atoms with van der Waals surface area (Å²) in [5.41, 5.74) is 11.4. The highest BCUT2D eigenvalue weighted by molar-refractivity contribution is 5.70. The Morgan fingerprint density at radius 1 is 0.952 bits per heavy atom. The third-order valence-corrected chi connectivity index (χ3v) is 4.24. The van der Waals surface area contributed by atoms with Crippen molar-refractivity contribution >= 4 is 22.7 Å². The molecule has 0 amide bonds. The second-order valence-electron chi connectivity index (χ2n) is 5.74. The van der Waals surface area contributed by atoms with Gasteiger partial charge in [-0.05, 0) is 68.1 Å². The van der Waals surface area contributed by atoms with Crippen LogP contribution in [0.4, 0.5) is 22.7 Å². The van der Waals surface area contributed by atoms with Gasteiger partial charge in [-0.2, -0.15) is 0 Å². The fourth-order valence-electron chi connectivity index (χ4n) is 2.85. The van der Waals surface area contributed by atoms with Crippen LogP contribution in [0.1, 0.15) is 24.8 Å². The fourth-order valence-corrected chi connectivity index (χ4v) is 2.85. The zero-order chi connectivity index (χ0) is 14.7. The van der Waals surface area contributed by atoms with E-state index in [1.54, 1.807) is 0 Å². The molecule has 1 fully saturated rings. The number of nitrogens with one attached hydrogen (secondary N) is 1. The van der Waals surface area contributed by atoms with Crippen LogP contribution in [0.25, 0.3) is 0 Å². The van der Waals surface area contributed by atoms with Crippen molar-refractivity contribution in [3.63, 3.8) is 0 Å². The van der Waals surface area contributed by atoms with E-state index >= 15 is 0 Å². The minimum absolute atomic E-state index is 0.824. The molecule has 1 heterocycles. The Labute approximate surface area is 126 Å². The molecule has 2 aromatic rings. The van der Waals surface area contributed by atoms with E-state index in [2.05, 4.69) is 40.5 Å². The van der Waals surface area contributed by atoms with Gasteiger partial charge in [0.25, 0.3) is 0 Å². The zero-order valence-corrected chi connectivity index (χ0v) is 12.6. The van der Waals surface area contributed by atoms with Crippen LogP contribution in [0.5, 0.6) is 0 Å². The molecular formula is C18H23N3. The summed E-state index contributed by atoms with van der Waals surface area (Å²) in [7, 11) is 0. The lowest BCUT2D eigenvalue weighted by Gasteiger charge is -2.28. The first-order valence-corrected chi connectivity index (χ1v) is 7.71. The van der Waals surface area contributed by atoms with Gasteiger partial charge < -0.3 is 16.0 Å². The van der Waals surface area contributed by atoms with Crippen LogP contribution in [0.15, 0.2) is 42.5 Å². The number of hydrogen-bond acceptors (Lipinski definition) is 3. The van der Waals surface area contributed by atoms with Crippen LogP contribution < -0.4 is 16.0 Å². The minimum atomic E-state index is 0.824. The van der Waals surface area contributed by atoms with Crippen LogP contribution in [-0.2, 0) is 0 Å². The average molecular weight is 281 g/mol. The van der Waals surface area contributed by atoms with Gasteiger partial charge in [0, 0.05) is 35.8 Å². The summed E-state index contributed by atoms with van der Waals surface area (Å²) in [6.07, 6.45) is 3.98. The first kappa shape index (κ1) is 13.8. The van der Waals surface area contributed by atoms with E-state index in [-0.39, 0.29) is 0 Å². The molecule has 0 bridgehead atoms. The summed E-state index contributed by atoms with van der Waals surface area (Å²) >= 11 is 0. The second kappa shape index (κ2) is 6.08. The first-order valence-electron chi connectivity index (χ1n) is 7.71. The first-order chi connectivity index (χ1) is 10.2. The van der Waals surface area contributed by atoms with Crippen molar-refractivity contribution in [1.29, 1.82) is 0 Å². The average Bonchev–Trinajstić information content (AvgIpc) is 2.53. The quantitative estimate of drug-likeness (QED) is 0.824. The Morgan fingerprint density at radius 2 is 1.67 bits per heavy atom. The van der Waals surface area contributed by atoms with Gasteiger partial charge in [0.15, 0.2) is 0 Å². The summed E-state index contributed by atoms with van der Waals surface area (Å²) in [6.45, 7) is 4.40. The van der Waals surface area contributed by atoms with Crippen molar-refractivity contribution in [1.82, 2.24) is 0 Å². The third kappa shape index (κ3) is 3.13. The summed E-state index contributed by atoms with van der Waals surface area (Å²) in [5.74, 6) is 0. The number of rotatable bonds is 3. The molecular weight excluding hydrogens is 258 g/mol. The van der Waals surface area contributed by atoms with Gasteiger partial charge in [0.05, 0.1) is 0 Å². The molecule has 3 rings (SSSR count). The van der Waals surface area contributed by atoms with Gasteiger partial charge in [0.1, 0.15) is 0 Å². The summed E-state index contributed by atoms with van der Waals surface area (Å²) in [4.78, 5) is 2.47. The highest BCUT2D eigenvalue weighted by Gasteiger charge is 2.10. The lowest BCUT2D eigenvalue weighted by atomic mass is 10.1. The summed E-state index contributed by atoms with van der Waals surface area (Å²) in [5, 5.41) is 3.44. The Balaban J connectivity index is 1.73. The molecule has 1 saturated heterocycles. The van der Waals surface area contributed by atoms with Gasteiger partial charge in [-0.25, -0.2) is 0 Å². The van der Waals surface area contributed by atoms with Crippen molar-refractivity contribution in [2.45, 2.75) is 26.2 Å². The molecule has 0 aromatic heterocycles. The van der Waals surface area contributed by atoms with Gasteiger partial charge in [-0.15, -0.1) is 0 Å². The topological polar surface area (TPSA) is 41.3 Å². The molecule has 1 aliphatic heterocycles. The Kier molecular flexibility index (Phi) is 4.00. The largest absolute Gasteiger partial charge is 0.398 e. The minimum Gasteiger partial charge on any atom is -0.398 e. The molecule has 0 atom stereocenters. The number of piperidine rings is 1. The standard InChI is InChI=1S/C18H23N3/c1-14-17(19)6-5-7-18(14)20-15-8-10-16(11-9-15)21-12-3-2-4-13-21/h5-11,20H,2-4,12-13,19H2,1H3. The molecule has 0 saturated carbocycles. The molecule has 3 nitrogen and oxygen atoms in total. The molecule has 0 radical (unpaired) electrons. The monoisotopic (exact) mass is 281 g/mol. The molecule has 2 aromatic carbocycles. The van der Waals surface area contributed by atoms with E-state index in [4.69, 9.17) is 5.73 Å². The number of nitrogens with zero attached hydrogens (tertiary/aromatic N) is 1. The number of nitrogens with two attached hydrogens (primary N) is 1. The predicted molar refractivity (Wildman–Crippen MR) is 91.4 cm³/mol. The second-order valence-corrected chi connectivity index (χ2v) is 5.74. The summed E-state index contributed by atoms with van der Waals surface area (Å²) in [6, 6.07) is 14.7. The van der Waals surface area contributed by atoms with Crippen molar-refractivity contribution < 1.29 is 0 Å². The number of anilines is 4. The van der Waals surface area contributed by atoms with Crippen LogP contribution in [0.3, 0.4) is 0 Å². The van der Waals surface area contributed by atoms with Crippen molar-refractivity contribution in [3.05, 3.63) is 48.0 Å². The molecule has 110 valence electrons. The van der Waals surface area contributed by atoms with Crippen LogP contribution in [0.2, 0.25) is 0 Å². The van der Waals surface area contributed by atoms with Gasteiger partial charge in [-0.3, -0.25) is 0 Å². The van der Waals surface area contributed by atoms with Crippen LogP contribution in [-0.4, -0.2) is 13.1 Å². The van der Waals surface area contributed by atoms with Gasteiger partial charge in [-0.1, -0.05) is 6.07 Å². The Morgan fingerprint density at radius 3 is 2.38 bits per heavy atom. The highest BCUT2D eigenvalue weighted by atomic mass is 15.1. The number of hydrogen-bond donors (Lipinski definition) is 2. The smallest absolute Gasteiger partial charge is 0.0434 e. The third-order valence-electron chi connectivity index (χ3n) is 4.24. The van der Waals surface area contributed by atoms with E-state index in [1.807, 2.05) is 19.1 Å². The maximum Gasteiger partial charge on any atom is 0.0434 e. The van der Waals surface area contributed by atoms with Gasteiger partial charge in [0.2, 0.25) is 0 Å². The zero-order valence-electron chi connectivity index (χ0n) is 12.6. The van der Waals surface area contributed by atoms with E-state index < -0.39 is 0 Å². The highest BCUT2D eigenvalue weighted by Crippen LogP contribution is 2.26. The molecule has 1 aliphatic rings. The SMILES string of the molecule is Cc1c(N)cccc1Nc1ccc(N2CCCCC2)cc1. The van der Waals surface area contributed by atoms with Crippen LogP contribution >= 0.6 is 0 Å². The number of nitrogen functional groups attached to an aromatic ring is 1. The Bertz CT molecular complexity index is 598. The van der Waals surface area contributed by atoms with E-state index in [1.165, 1.54) is 38.0 Å². The fraction of sp³-hybridized carbons (Fsp3) is 0.333. The molecule has 0 spiro atoms. The molecule has 21 heavy (non-hydrogen) atoms. The van der Waals surface area contributed by atoms with Crippen molar-refractivity contribution in [2.75, 3.05) is 29.0 Å². The lowest BCUT2D eigenvalue weighted by molar-refractivity contribution is 0.578. The maximum atomic E-state index is 5.95. The molecule has 3 N–H and O–H groups in total. The Hall–Kier alpha value is -2.16. The predicted octanol–water partition coefficient (Wildman–Crippen LogP) is 4.31. The molecule has 0 aliphatic carbocycles. The van der Waals surface area contributed by atoms with E-state index in [9.17, 15) is 0 Å². The summed E-state index contributed by atoms with van der Waals surface area (Å²) < 4.78 is 0. The molecule has 3 heteroatoms. The maximum absolute atomic E-state index is 5.95. The normalized spacial score (nSPS) is 15.0. The van der Waals surface area contributed by atoms with Crippen molar-refractivity contribution in [3.8, 4) is 0 Å². The van der Waals surface area contributed by atoms with E-state index in [0.29, 0.717) is 0 Å². The number of benzene rings is 2. The molecule has 0 unspecified atom stereocenters. The van der Waals surface area contributed by atoms with Crippen molar-refractivity contribution in [2.24, 2.45) is 0 Å². The van der Waals surface area contributed by atoms with Gasteiger partial charge >= 0.3 is 0 Å².